The standard InChI is InChI=1S/C13H17N3O2/c1-9(15(2)3)13(17)16-8-14-11-7-10(18-4)5-6-12(11)16/h5-9H,1-4H3/t9-/m0/s1. The highest BCUT2D eigenvalue weighted by Crippen LogP contribution is 2.20. The van der Waals surface area contributed by atoms with E-state index in [1.165, 1.54) is 0 Å². The molecule has 5 heteroatoms. The molecule has 2 aromatic rings. The van der Waals surface area contributed by atoms with Gasteiger partial charge in [0.25, 0.3) is 0 Å². The van der Waals surface area contributed by atoms with Gasteiger partial charge in [-0.15, -0.1) is 0 Å². The van der Waals surface area contributed by atoms with E-state index in [1.54, 1.807) is 18.0 Å². The summed E-state index contributed by atoms with van der Waals surface area (Å²) < 4.78 is 6.72. The van der Waals surface area contributed by atoms with Crippen LogP contribution in [-0.2, 0) is 0 Å². The van der Waals surface area contributed by atoms with Crippen molar-refractivity contribution >= 4 is 16.9 Å². The molecule has 0 amide bonds. The number of fused-ring (bicyclic) bond motifs is 1. The van der Waals surface area contributed by atoms with Crippen LogP contribution >= 0.6 is 0 Å². The predicted octanol–water partition coefficient (Wildman–Crippen LogP) is 1.64. The zero-order chi connectivity index (χ0) is 13.3. The number of hydrogen-bond donors (Lipinski definition) is 0. The summed E-state index contributed by atoms with van der Waals surface area (Å²) in [6.45, 7) is 1.87. The Bertz CT molecular complexity index is 575. The molecule has 0 bridgehead atoms. The molecule has 96 valence electrons. The number of nitrogens with zero attached hydrogens (tertiary/aromatic N) is 3. The van der Waals surface area contributed by atoms with Gasteiger partial charge in [-0.05, 0) is 33.2 Å². The van der Waals surface area contributed by atoms with Gasteiger partial charge in [0.15, 0.2) is 0 Å². The van der Waals surface area contributed by atoms with Crippen LogP contribution in [0.4, 0.5) is 0 Å². The Hall–Kier alpha value is -1.88. The SMILES string of the molecule is COc1ccc2c(c1)ncn2C(=O)[C@H](C)N(C)C. The summed E-state index contributed by atoms with van der Waals surface area (Å²) in [5.74, 6) is 0.744. The van der Waals surface area contributed by atoms with Gasteiger partial charge in [0.1, 0.15) is 12.1 Å². The summed E-state index contributed by atoms with van der Waals surface area (Å²) in [6.07, 6.45) is 1.56. The molecule has 0 N–H and O–H groups in total. The topological polar surface area (TPSA) is 47.4 Å². The number of ether oxygens (including phenoxy) is 1. The molecule has 1 aromatic heterocycles. The highest BCUT2D eigenvalue weighted by molar-refractivity contribution is 5.93. The average Bonchev–Trinajstić information content (AvgIpc) is 2.79. The Morgan fingerprint density at radius 1 is 1.44 bits per heavy atom. The van der Waals surface area contributed by atoms with Gasteiger partial charge in [-0.1, -0.05) is 0 Å². The van der Waals surface area contributed by atoms with Gasteiger partial charge in [0.2, 0.25) is 5.91 Å². The van der Waals surface area contributed by atoms with Crippen LogP contribution in [0.5, 0.6) is 5.75 Å². The number of aromatic nitrogens is 2. The summed E-state index contributed by atoms with van der Waals surface area (Å²) in [6, 6.07) is 5.30. The Morgan fingerprint density at radius 2 is 2.17 bits per heavy atom. The number of rotatable bonds is 3. The maximum atomic E-state index is 12.3. The molecule has 0 fully saturated rings. The molecule has 1 aromatic carbocycles. The first-order valence-corrected chi connectivity index (χ1v) is 5.76. The largest absolute Gasteiger partial charge is 0.497 e. The molecular weight excluding hydrogens is 230 g/mol. The Morgan fingerprint density at radius 3 is 2.78 bits per heavy atom. The van der Waals surface area contributed by atoms with Crippen LogP contribution in [0.2, 0.25) is 0 Å². The first-order chi connectivity index (χ1) is 8.54. The number of likely N-dealkylation sites (N-methyl/N-ethyl adjacent to an activating group) is 1. The predicted molar refractivity (Wildman–Crippen MR) is 70.1 cm³/mol. The molecular formula is C13H17N3O2. The monoisotopic (exact) mass is 247 g/mol. The minimum atomic E-state index is -0.190. The maximum absolute atomic E-state index is 12.3. The van der Waals surface area contributed by atoms with Crippen molar-refractivity contribution in [2.75, 3.05) is 21.2 Å². The molecule has 0 aliphatic heterocycles. The van der Waals surface area contributed by atoms with Crippen LogP contribution < -0.4 is 4.74 Å². The quantitative estimate of drug-likeness (QED) is 0.827. The fourth-order valence-electron chi connectivity index (χ4n) is 1.72. The van der Waals surface area contributed by atoms with E-state index in [0.717, 1.165) is 16.8 Å². The lowest BCUT2D eigenvalue weighted by Crippen LogP contribution is -2.36. The average molecular weight is 247 g/mol. The van der Waals surface area contributed by atoms with Crippen LogP contribution in [0, 0.1) is 0 Å². The Balaban J connectivity index is 2.43. The van der Waals surface area contributed by atoms with Gasteiger partial charge in [-0.2, -0.15) is 0 Å². The summed E-state index contributed by atoms with van der Waals surface area (Å²) >= 11 is 0. The molecule has 0 aliphatic rings. The second kappa shape index (κ2) is 4.78. The summed E-state index contributed by atoms with van der Waals surface area (Å²) in [4.78, 5) is 18.4. The van der Waals surface area contributed by atoms with Crippen molar-refractivity contribution in [3.63, 3.8) is 0 Å². The van der Waals surface area contributed by atoms with Crippen molar-refractivity contribution in [2.45, 2.75) is 13.0 Å². The zero-order valence-electron chi connectivity index (χ0n) is 11.0. The molecule has 0 saturated heterocycles. The molecule has 2 rings (SSSR count). The molecule has 18 heavy (non-hydrogen) atoms. The van der Waals surface area contributed by atoms with E-state index < -0.39 is 0 Å². The highest BCUT2D eigenvalue weighted by Gasteiger charge is 2.19. The van der Waals surface area contributed by atoms with Crippen LogP contribution in [-0.4, -0.2) is 47.6 Å². The normalized spacial score (nSPS) is 12.9. The third kappa shape index (κ3) is 2.09. The molecule has 0 aliphatic carbocycles. The lowest BCUT2D eigenvalue weighted by atomic mass is 10.2. The Kier molecular flexibility index (Phi) is 3.34. The van der Waals surface area contributed by atoms with Gasteiger partial charge in [-0.3, -0.25) is 14.3 Å². The van der Waals surface area contributed by atoms with Crippen LogP contribution in [0.15, 0.2) is 24.5 Å². The molecule has 0 saturated carbocycles. The number of benzene rings is 1. The summed E-state index contributed by atoms with van der Waals surface area (Å²) in [7, 11) is 5.37. The van der Waals surface area contributed by atoms with Crippen molar-refractivity contribution in [3.05, 3.63) is 24.5 Å². The van der Waals surface area contributed by atoms with E-state index in [2.05, 4.69) is 4.98 Å². The molecule has 1 heterocycles. The smallest absolute Gasteiger partial charge is 0.249 e. The van der Waals surface area contributed by atoms with Gasteiger partial charge in [0, 0.05) is 6.07 Å². The van der Waals surface area contributed by atoms with Crippen molar-refractivity contribution in [2.24, 2.45) is 0 Å². The number of hydrogen-bond acceptors (Lipinski definition) is 4. The molecule has 1 atom stereocenters. The van der Waals surface area contributed by atoms with E-state index in [-0.39, 0.29) is 11.9 Å². The van der Waals surface area contributed by atoms with Gasteiger partial charge >= 0.3 is 0 Å². The lowest BCUT2D eigenvalue weighted by molar-refractivity contribution is 0.0809. The number of carbonyl (C=O) groups excluding carboxylic acids is 1. The van der Waals surface area contributed by atoms with Crippen molar-refractivity contribution in [1.29, 1.82) is 0 Å². The minimum Gasteiger partial charge on any atom is -0.497 e. The van der Waals surface area contributed by atoms with Gasteiger partial charge in [-0.25, -0.2) is 4.98 Å². The van der Waals surface area contributed by atoms with Gasteiger partial charge in [0.05, 0.1) is 24.2 Å². The van der Waals surface area contributed by atoms with E-state index in [0.29, 0.717) is 0 Å². The first kappa shape index (κ1) is 12.6. The highest BCUT2D eigenvalue weighted by atomic mass is 16.5. The van der Waals surface area contributed by atoms with E-state index in [1.807, 2.05) is 44.1 Å². The van der Waals surface area contributed by atoms with Crippen molar-refractivity contribution in [1.82, 2.24) is 14.5 Å². The summed E-state index contributed by atoms with van der Waals surface area (Å²) in [5.41, 5.74) is 1.56. The fraction of sp³-hybridized carbons (Fsp3) is 0.385. The third-order valence-corrected chi connectivity index (χ3v) is 3.12. The molecule has 0 unspecified atom stereocenters. The molecule has 5 nitrogen and oxygen atoms in total. The van der Waals surface area contributed by atoms with E-state index in [9.17, 15) is 4.79 Å². The maximum Gasteiger partial charge on any atom is 0.249 e. The fourth-order valence-corrected chi connectivity index (χ4v) is 1.72. The van der Waals surface area contributed by atoms with Crippen LogP contribution in [0.3, 0.4) is 0 Å². The number of imidazole rings is 1. The first-order valence-electron chi connectivity index (χ1n) is 5.76. The zero-order valence-corrected chi connectivity index (χ0v) is 11.0. The lowest BCUT2D eigenvalue weighted by Gasteiger charge is -2.18. The van der Waals surface area contributed by atoms with E-state index >= 15 is 0 Å². The minimum absolute atomic E-state index is 0.00710. The van der Waals surface area contributed by atoms with Crippen LogP contribution in [0.1, 0.15) is 11.7 Å². The van der Waals surface area contributed by atoms with Crippen molar-refractivity contribution < 1.29 is 9.53 Å². The third-order valence-electron chi connectivity index (χ3n) is 3.12. The second-order valence-electron chi connectivity index (χ2n) is 4.45. The van der Waals surface area contributed by atoms with Crippen LogP contribution in [0.25, 0.3) is 11.0 Å². The number of methoxy groups -OCH3 is 1. The molecule has 0 spiro atoms. The second-order valence-corrected chi connectivity index (χ2v) is 4.45. The number of carbonyl (C=O) groups is 1. The van der Waals surface area contributed by atoms with Crippen molar-refractivity contribution in [3.8, 4) is 5.75 Å². The Labute approximate surface area is 106 Å². The molecule has 0 radical (unpaired) electrons. The van der Waals surface area contributed by atoms with Gasteiger partial charge < -0.3 is 4.74 Å². The summed E-state index contributed by atoms with van der Waals surface area (Å²) in [5, 5.41) is 0. The van der Waals surface area contributed by atoms with E-state index in [4.69, 9.17) is 4.74 Å².